The zero-order valence-corrected chi connectivity index (χ0v) is 10.4. The van der Waals surface area contributed by atoms with Crippen LogP contribution in [-0.2, 0) is 0 Å². The Morgan fingerprint density at radius 2 is 2.00 bits per heavy atom. The summed E-state index contributed by atoms with van der Waals surface area (Å²) in [4.78, 5) is 0. The van der Waals surface area contributed by atoms with Gasteiger partial charge in [0.15, 0.2) is 11.5 Å². The third-order valence-corrected chi connectivity index (χ3v) is 3.03. The molecule has 0 amide bonds. The first-order valence-electron chi connectivity index (χ1n) is 6.43. The molecule has 17 heavy (non-hydrogen) atoms. The summed E-state index contributed by atoms with van der Waals surface area (Å²) in [5.41, 5.74) is 5.89. The predicted molar refractivity (Wildman–Crippen MR) is 68.5 cm³/mol. The lowest BCUT2D eigenvalue weighted by molar-refractivity contribution is 0.193. The van der Waals surface area contributed by atoms with E-state index in [0.29, 0.717) is 6.04 Å². The van der Waals surface area contributed by atoms with Crippen LogP contribution >= 0.6 is 0 Å². The minimum Gasteiger partial charge on any atom is -0.490 e. The fourth-order valence-electron chi connectivity index (χ4n) is 2.14. The number of rotatable bonds is 5. The number of hydrogen-bond donors (Lipinski definition) is 1. The molecular formula is C14H21NO2. The van der Waals surface area contributed by atoms with Gasteiger partial charge in [0.05, 0.1) is 6.61 Å². The predicted octanol–water partition coefficient (Wildman–Crippen LogP) is 2.73. The van der Waals surface area contributed by atoms with E-state index in [4.69, 9.17) is 15.2 Å². The van der Waals surface area contributed by atoms with Crippen LogP contribution in [0.4, 0.5) is 0 Å². The summed E-state index contributed by atoms with van der Waals surface area (Å²) in [5.74, 6) is 1.69. The fraction of sp³-hybridized carbons (Fsp3) is 0.571. The molecule has 2 rings (SSSR count). The number of para-hydroxylation sites is 2. The average Bonchev–Trinajstić information content (AvgIpc) is 2.74. The quantitative estimate of drug-likeness (QED) is 0.853. The Morgan fingerprint density at radius 1 is 1.24 bits per heavy atom. The molecule has 3 nitrogen and oxygen atoms in total. The Labute approximate surface area is 103 Å². The van der Waals surface area contributed by atoms with E-state index >= 15 is 0 Å². The molecule has 0 aromatic heterocycles. The minimum absolute atomic E-state index is 0.247. The SMILES string of the molecule is CCCOc1ccccc1OC1CCC(N)C1. The standard InChI is InChI=1S/C14H21NO2/c1-2-9-16-13-5-3-4-6-14(13)17-12-8-7-11(15)10-12/h3-6,11-12H,2,7-10,15H2,1H3. The van der Waals surface area contributed by atoms with Gasteiger partial charge in [0.25, 0.3) is 0 Å². The van der Waals surface area contributed by atoms with E-state index in [2.05, 4.69) is 6.92 Å². The van der Waals surface area contributed by atoms with E-state index in [1.807, 2.05) is 24.3 Å². The first-order chi connectivity index (χ1) is 8.29. The summed E-state index contributed by atoms with van der Waals surface area (Å²) in [5, 5.41) is 0. The lowest BCUT2D eigenvalue weighted by atomic mass is 10.2. The second-order valence-electron chi connectivity index (χ2n) is 4.61. The van der Waals surface area contributed by atoms with Crippen molar-refractivity contribution in [2.24, 2.45) is 5.73 Å². The molecule has 0 radical (unpaired) electrons. The highest BCUT2D eigenvalue weighted by molar-refractivity contribution is 5.39. The molecule has 1 aliphatic carbocycles. The molecule has 1 aromatic carbocycles. The van der Waals surface area contributed by atoms with Crippen molar-refractivity contribution in [1.29, 1.82) is 0 Å². The maximum absolute atomic E-state index is 5.97. The molecule has 0 aliphatic heterocycles. The van der Waals surface area contributed by atoms with Gasteiger partial charge in [0.1, 0.15) is 6.10 Å². The van der Waals surface area contributed by atoms with Crippen LogP contribution in [0.15, 0.2) is 24.3 Å². The van der Waals surface area contributed by atoms with Crippen molar-refractivity contribution < 1.29 is 9.47 Å². The Hall–Kier alpha value is -1.22. The number of benzene rings is 1. The lowest BCUT2D eigenvalue weighted by Gasteiger charge is -2.16. The topological polar surface area (TPSA) is 44.5 Å². The first kappa shape index (κ1) is 12.2. The summed E-state index contributed by atoms with van der Waals surface area (Å²) in [6, 6.07) is 8.17. The van der Waals surface area contributed by atoms with Crippen LogP contribution in [0.5, 0.6) is 11.5 Å². The second-order valence-corrected chi connectivity index (χ2v) is 4.61. The van der Waals surface area contributed by atoms with Gasteiger partial charge in [-0.15, -0.1) is 0 Å². The van der Waals surface area contributed by atoms with Gasteiger partial charge in [0, 0.05) is 6.04 Å². The van der Waals surface area contributed by atoms with Crippen LogP contribution in [0.25, 0.3) is 0 Å². The number of ether oxygens (including phenoxy) is 2. The highest BCUT2D eigenvalue weighted by atomic mass is 16.5. The van der Waals surface area contributed by atoms with Crippen molar-refractivity contribution in [3.63, 3.8) is 0 Å². The maximum Gasteiger partial charge on any atom is 0.161 e. The van der Waals surface area contributed by atoms with E-state index in [1.54, 1.807) is 0 Å². The minimum atomic E-state index is 0.247. The number of hydrogen-bond acceptors (Lipinski definition) is 3. The average molecular weight is 235 g/mol. The van der Waals surface area contributed by atoms with Crippen LogP contribution in [0.3, 0.4) is 0 Å². The molecule has 2 N–H and O–H groups in total. The van der Waals surface area contributed by atoms with Gasteiger partial charge in [-0.1, -0.05) is 19.1 Å². The largest absolute Gasteiger partial charge is 0.490 e. The monoisotopic (exact) mass is 235 g/mol. The van der Waals surface area contributed by atoms with Gasteiger partial charge < -0.3 is 15.2 Å². The summed E-state index contributed by atoms with van der Waals surface area (Å²) < 4.78 is 11.6. The van der Waals surface area contributed by atoms with Gasteiger partial charge in [-0.2, -0.15) is 0 Å². The Balaban J connectivity index is 1.99. The summed E-state index contributed by atoms with van der Waals surface area (Å²) in [6.45, 7) is 2.82. The van der Waals surface area contributed by atoms with E-state index < -0.39 is 0 Å². The third kappa shape index (κ3) is 3.37. The Kier molecular flexibility index (Phi) is 4.26. The van der Waals surface area contributed by atoms with Crippen LogP contribution in [0, 0.1) is 0 Å². The molecule has 0 spiro atoms. The molecule has 1 aromatic rings. The van der Waals surface area contributed by atoms with Gasteiger partial charge >= 0.3 is 0 Å². The number of nitrogens with two attached hydrogens (primary N) is 1. The first-order valence-corrected chi connectivity index (χ1v) is 6.43. The van der Waals surface area contributed by atoms with Gasteiger partial charge in [-0.3, -0.25) is 0 Å². The van der Waals surface area contributed by atoms with E-state index in [0.717, 1.165) is 43.8 Å². The molecule has 0 bridgehead atoms. The highest BCUT2D eigenvalue weighted by Crippen LogP contribution is 2.31. The fourth-order valence-corrected chi connectivity index (χ4v) is 2.14. The molecule has 2 unspecified atom stereocenters. The molecule has 1 aliphatic rings. The van der Waals surface area contributed by atoms with Crippen molar-refractivity contribution in [2.45, 2.75) is 44.8 Å². The summed E-state index contributed by atoms with van der Waals surface area (Å²) in [7, 11) is 0. The van der Waals surface area contributed by atoms with Crippen molar-refractivity contribution in [3.8, 4) is 11.5 Å². The molecule has 1 fully saturated rings. The van der Waals surface area contributed by atoms with Crippen molar-refractivity contribution >= 4 is 0 Å². The van der Waals surface area contributed by atoms with E-state index in [1.165, 1.54) is 0 Å². The van der Waals surface area contributed by atoms with Crippen molar-refractivity contribution in [3.05, 3.63) is 24.3 Å². The lowest BCUT2D eigenvalue weighted by Crippen LogP contribution is -2.19. The maximum atomic E-state index is 5.97. The van der Waals surface area contributed by atoms with Crippen LogP contribution < -0.4 is 15.2 Å². The molecular weight excluding hydrogens is 214 g/mol. The molecule has 0 heterocycles. The molecule has 94 valence electrons. The van der Waals surface area contributed by atoms with Gasteiger partial charge in [-0.25, -0.2) is 0 Å². The summed E-state index contributed by atoms with van der Waals surface area (Å²) in [6.07, 6.45) is 4.30. The molecule has 3 heteroatoms. The summed E-state index contributed by atoms with van der Waals surface area (Å²) >= 11 is 0. The van der Waals surface area contributed by atoms with Gasteiger partial charge in [0.2, 0.25) is 0 Å². The van der Waals surface area contributed by atoms with E-state index in [-0.39, 0.29) is 6.10 Å². The third-order valence-electron chi connectivity index (χ3n) is 3.03. The van der Waals surface area contributed by atoms with Crippen molar-refractivity contribution in [2.75, 3.05) is 6.61 Å². The molecule has 1 saturated carbocycles. The Morgan fingerprint density at radius 3 is 2.65 bits per heavy atom. The zero-order chi connectivity index (χ0) is 12.1. The van der Waals surface area contributed by atoms with Crippen LogP contribution in [0.1, 0.15) is 32.6 Å². The Bertz CT molecular complexity index is 354. The normalized spacial score (nSPS) is 23.6. The van der Waals surface area contributed by atoms with Crippen LogP contribution in [-0.4, -0.2) is 18.8 Å². The molecule has 2 atom stereocenters. The van der Waals surface area contributed by atoms with Crippen LogP contribution in [0.2, 0.25) is 0 Å². The second kappa shape index (κ2) is 5.92. The van der Waals surface area contributed by atoms with E-state index in [9.17, 15) is 0 Å². The van der Waals surface area contributed by atoms with Gasteiger partial charge in [-0.05, 0) is 37.8 Å². The van der Waals surface area contributed by atoms with Crippen molar-refractivity contribution in [1.82, 2.24) is 0 Å². The molecule has 0 saturated heterocycles. The smallest absolute Gasteiger partial charge is 0.161 e. The highest BCUT2D eigenvalue weighted by Gasteiger charge is 2.24. The zero-order valence-electron chi connectivity index (χ0n) is 10.4.